The number of benzene rings is 4. The lowest BCUT2D eigenvalue weighted by molar-refractivity contribution is -0.138. The topological polar surface area (TPSA) is 151 Å². The SMILES string of the molecule is Cn1c(C(=O)N2CCN(C(=O)[C@@H](NC(=O)ON3CCN(c4c(OCCOCCOCc5ccccc5)c5cc(F)c(F)cc5n4C)CC3)C3CCCCC3)CC2)c(OCCOCCOCc2ccccc2)c2cc(F)c(F)cc21. The van der Waals surface area contributed by atoms with Crippen LogP contribution in [0.2, 0.25) is 0 Å². The first-order valence-electron chi connectivity index (χ1n) is 27.1. The highest BCUT2D eigenvalue weighted by molar-refractivity contribution is 6.04. The van der Waals surface area contributed by atoms with Gasteiger partial charge in [-0.15, -0.1) is 5.06 Å². The molecule has 1 saturated carbocycles. The van der Waals surface area contributed by atoms with Gasteiger partial charge in [0.2, 0.25) is 5.91 Å². The van der Waals surface area contributed by atoms with Crippen molar-refractivity contribution in [2.75, 3.05) is 110 Å². The molecule has 0 spiro atoms. The van der Waals surface area contributed by atoms with E-state index < -0.39 is 41.3 Å². The van der Waals surface area contributed by atoms with Gasteiger partial charge in [0.05, 0.1) is 77.0 Å². The third-order valence-electron chi connectivity index (χ3n) is 14.8. The highest BCUT2D eigenvalue weighted by Gasteiger charge is 2.38. The fourth-order valence-electron chi connectivity index (χ4n) is 10.6. The molecule has 79 heavy (non-hydrogen) atoms. The van der Waals surface area contributed by atoms with Crippen molar-refractivity contribution in [2.45, 2.75) is 51.4 Å². The van der Waals surface area contributed by atoms with Gasteiger partial charge in [-0.2, -0.15) is 0 Å². The summed E-state index contributed by atoms with van der Waals surface area (Å²) in [7, 11) is 3.35. The number of aryl methyl sites for hydroxylation is 2. The molecule has 424 valence electrons. The Labute approximate surface area is 456 Å². The molecular weight excluding hydrogens is 1030 g/mol. The van der Waals surface area contributed by atoms with Crippen molar-refractivity contribution in [3.05, 3.63) is 125 Å². The molecule has 2 aliphatic heterocycles. The van der Waals surface area contributed by atoms with Crippen molar-refractivity contribution in [3.8, 4) is 11.5 Å². The van der Waals surface area contributed by atoms with Crippen LogP contribution in [0.1, 0.15) is 53.7 Å². The molecule has 9 rings (SSSR count). The maximum Gasteiger partial charge on any atom is 0.426 e. The lowest BCUT2D eigenvalue weighted by atomic mass is 9.83. The van der Waals surface area contributed by atoms with Crippen LogP contribution in [-0.2, 0) is 55.9 Å². The van der Waals surface area contributed by atoms with E-state index in [4.69, 9.17) is 33.3 Å². The lowest BCUT2D eigenvalue weighted by Crippen LogP contribution is -2.58. The molecule has 17 nitrogen and oxygen atoms in total. The summed E-state index contributed by atoms with van der Waals surface area (Å²) in [6.45, 7) is 4.74. The minimum absolute atomic E-state index is 0.0202. The number of hydrogen-bond acceptors (Lipinski definition) is 12. The Morgan fingerprint density at radius 3 is 1.61 bits per heavy atom. The highest BCUT2D eigenvalue weighted by Crippen LogP contribution is 2.41. The van der Waals surface area contributed by atoms with Crippen LogP contribution >= 0.6 is 0 Å². The molecule has 1 N–H and O–H groups in total. The molecule has 21 heteroatoms. The summed E-state index contributed by atoms with van der Waals surface area (Å²) < 4.78 is 97.0. The number of carbonyl (C=O) groups is 3. The van der Waals surface area contributed by atoms with Gasteiger partial charge in [0.25, 0.3) is 5.91 Å². The predicted octanol–water partition coefficient (Wildman–Crippen LogP) is 8.15. The monoisotopic (exact) mass is 1100 g/mol. The summed E-state index contributed by atoms with van der Waals surface area (Å²) in [5, 5.41) is 5.08. The van der Waals surface area contributed by atoms with Gasteiger partial charge in [-0.3, -0.25) is 9.59 Å². The molecule has 0 radical (unpaired) electrons. The van der Waals surface area contributed by atoms with Gasteiger partial charge in [-0.1, -0.05) is 79.9 Å². The number of hydrogen-bond donors (Lipinski definition) is 1. The third-order valence-corrected chi connectivity index (χ3v) is 14.8. The van der Waals surface area contributed by atoms with E-state index in [-0.39, 0.29) is 99.9 Å². The molecule has 3 aliphatic rings. The standard InChI is InChI=1S/C58H69F4N7O10/c1-64-49-36-47(61)45(59)34-43(49)53(77-32-30-73-26-28-75-38-40-12-6-3-7-13-40)52(64)57(71)68-20-18-67(19-21-68)56(70)51(42-16-10-5-11-17-42)63-58(72)79-69-24-22-66(23-25-69)55-54(44-35-46(60)48(62)37-50(44)65(55)2)78-33-31-74-27-29-76-39-41-14-8-4-9-15-41/h3-4,6-9,12-15,34-37,42,51H,5,10-11,16-33,38-39H2,1-2H3,(H,63,72)/t51-/m0/s1. The number of piperazine rings is 2. The van der Waals surface area contributed by atoms with Gasteiger partial charge in [-0.05, 0) is 42.0 Å². The number of halogens is 4. The second-order valence-corrected chi connectivity index (χ2v) is 19.9. The number of ether oxygens (including phenoxy) is 6. The minimum atomic E-state index is -1.08. The highest BCUT2D eigenvalue weighted by atomic mass is 19.2. The van der Waals surface area contributed by atoms with E-state index in [9.17, 15) is 31.9 Å². The summed E-state index contributed by atoms with van der Waals surface area (Å²) in [5.74, 6) is -3.89. The quantitative estimate of drug-likeness (QED) is 0.0461. The Balaban J connectivity index is 0.778. The molecule has 2 aromatic heterocycles. The van der Waals surface area contributed by atoms with Crippen molar-refractivity contribution in [2.24, 2.45) is 20.0 Å². The Bertz CT molecular complexity index is 3000. The fourth-order valence-corrected chi connectivity index (χ4v) is 10.6. The van der Waals surface area contributed by atoms with Crippen LogP contribution in [0.25, 0.3) is 21.8 Å². The van der Waals surface area contributed by atoms with Crippen LogP contribution in [0.4, 0.5) is 28.2 Å². The smallest absolute Gasteiger partial charge is 0.426 e. The largest absolute Gasteiger partial charge is 0.488 e. The summed E-state index contributed by atoms with van der Waals surface area (Å²) in [6.07, 6.45) is 3.55. The first-order chi connectivity index (χ1) is 38.4. The van der Waals surface area contributed by atoms with Crippen LogP contribution in [0.5, 0.6) is 11.5 Å². The van der Waals surface area contributed by atoms with E-state index in [1.54, 1.807) is 28.5 Å². The zero-order chi connectivity index (χ0) is 55.3. The first-order valence-corrected chi connectivity index (χ1v) is 27.1. The van der Waals surface area contributed by atoms with Gasteiger partial charge < -0.3 is 62.4 Å². The number of hydroxylamine groups is 2. The number of nitrogens with one attached hydrogen (secondary N) is 1. The number of aromatic nitrogens is 2. The molecule has 0 bridgehead atoms. The summed E-state index contributed by atoms with van der Waals surface area (Å²) in [6, 6.07) is 23.0. The molecule has 1 aliphatic carbocycles. The second kappa shape index (κ2) is 27.3. The average Bonchev–Trinajstić information content (AvgIpc) is 4.15. The van der Waals surface area contributed by atoms with Gasteiger partial charge in [0, 0.05) is 76.3 Å². The maximum atomic E-state index is 14.7. The van der Waals surface area contributed by atoms with Crippen molar-refractivity contribution >= 4 is 45.5 Å². The Morgan fingerprint density at radius 2 is 1.04 bits per heavy atom. The Morgan fingerprint density at radius 1 is 0.557 bits per heavy atom. The number of carbonyl (C=O) groups excluding carboxylic acids is 3. The molecule has 4 heterocycles. The molecule has 2 saturated heterocycles. The molecule has 3 amide bonds. The predicted molar refractivity (Wildman–Crippen MR) is 287 cm³/mol. The maximum absolute atomic E-state index is 14.7. The van der Waals surface area contributed by atoms with Gasteiger partial charge in [0.15, 0.2) is 46.3 Å². The second-order valence-electron chi connectivity index (χ2n) is 19.9. The van der Waals surface area contributed by atoms with E-state index in [2.05, 4.69) is 5.32 Å². The molecule has 3 fully saturated rings. The van der Waals surface area contributed by atoms with Crippen molar-refractivity contribution in [1.29, 1.82) is 0 Å². The summed E-state index contributed by atoms with van der Waals surface area (Å²) >= 11 is 0. The Hall–Kier alpha value is -6.91. The van der Waals surface area contributed by atoms with E-state index in [1.165, 1.54) is 9.63 Å². The van der Waals surface area contributed by atoms with Crippen molar-refractivity contribution < 1.29 is 65.2 Å². The molecule has 6 aromatic rings. The molecule has 0 unspecified atom stereocenters. The van der Waals surface area contributed by atoms with Gasteiger partial charge in [0.1, 0.15) is 19.3 Å². The first kappa shape index (κ1) is 56.8. The van der Waals surface area contributed by atoms with Crippen LogP contribution in [0, 0.1) is 29.2 Å². The van der Waals surface area contributed by atoms with Gasteiger partial charge >= 0.3 is 6.09 Å². The van der Waals surface area contributed by atoms with E-state index in [1.807, 2.05) is 65.6 Å². The van der Waals surface area contributed by atoms with E-state index in [0.717, 1.165) is 67.5 Å². The minimum Gasteiger partial charge on any atom is -0.488 e. The van der Waals surface area contributed by atoms with Crippen molar-refractivity contribution in [3.63, 3.8) is 0 Å². The van der Waals surface area contributed by atoms with Crippen molar-refractivity contribution in [1.82, 2.24) is 29.3 Å². The summed E-state index contributed by atoms with van der Waals surface area (Å²) in [5.41, 5.74) is 2.91. The van der Waals surface area contributed by atoms with Gasteiger partial charge in [-0.25, -0.2) is 22.4 Å². The van der Waals surface area contributed by atoms with Crippen LogP contribution in [0.3, 0.4) is 0 Å². The lowest BCUT2D eigenvalue weighted by Gasteiger charge is -2.39. The zero-order valence-corrected chi connectivity index (χ0v) is 44.8. The van der Waals surface area contributed by atoms with Crippen LogP contribution < -0.4 is 19.7 Å². The fraction of sp³-hybridized carbons (Fsp3) is 0.466. The number of rotatable bonds is 24. The average molecular weight is 1100 g/mol. The molecule has 1 atom stereocenters. The number of anilines is 1. The van der Waals surface area contributed by atoms with E-state index in [0.29, 0.717) is 75.2 Å². The van der Waals surface area contributed by atoms with Crippen LogP contribution in [-0.4, -0.2) is 153 Å². The van der Waals surface area contributed by atoms with E-state index >= 15 is 0 Å². The zero-order valence-electron chi connectivity index (χ0n) is 44.8. The Kier molecular flexibility index (Phi) is 19.6. The number of fused-ring (bicyclic) bond motifs is 2. The molecular formula is C58H69F4N7O10. The normalized spacial score (nSPS) is 15.9. The van der Waals surface area contributed by atoms with Crippen LogP contribution in [0.15, 0.2) is 84.9 Å². The third kappa shape index (κ3) is 14.1. The molecule has 4 aromatic carbocycles. The number of nitrogens with zero attached hydrogens (tertiary/aromatic N) is 6. The number of amides is 3. The summed E-state index contributed by atoms with van der Waals surface area (Å²) in [4.78, 5) is 53.7.